The molecular formula is C28H26ClN5O4. The number of fused-ring (bicyclic) bond motifs is 1. The van der Waals surface area contributed by atoms with Gasteiger partial charge in [0.2, 0.25) is 5.91 Å². The third-order valence-electron chi connectivity index (χ3n) is 8.59. The molecule has 4 N–H and O–H groups in total. The fourth-order valence-corrected chi connectivity index (χ4v) is 7.56. The molecule has 0 atom stereocenters. The number of hydrogen-bond donors (Lipinski definition) is 4. The average Bonchev–Trinajstić information content (AvgIpc) is 3.51. The van der Waals surface area contributed by atoms with Gasteiger partial charge in [-0.1, -0.05) is 28.9 Å². The molecule has 4 saturated carbocycles. The number of benzene rings is 2. The fraction of sp³-hybridized carbons (Fsp3) is 0.357. The van der Waals surface area contributed by atoms with Crippen LogP contribution in [0.5, 0.6) is 0 Å². The number of para-hydroxylation sites is 1. The van der Waals surface area contributed by atoms with Crippen molar-refractivity contribution in [3.8, 4) is 11.4 Å². The molecule has 4 aliphatic rings. The van der Waals surface area contributed by atoms with Crippen molar-refractivity contribution in [3.05, 3.63) is 63.7 Å². The van der Waals surface area contributed by atoms with Crippen molar-refractivity contribution in [1.82, 2.24) is 15.1 Å². The first-order chi connectivity index (χ1) is 18.3. The Balaban J connectivity index is 1.15. The Kier molecular flexibility index (Phi) is 5.26. The summed E-state index contributed by atoms with van der Waals surface area (Å²) in [5.74, 6) is 1.19. The molecule has 194 valence electrons. The van der Waals surface area contributed by atoms with Gasteiger partial charge in [-0.15, -0.1) is 0 Å². The van der Waals surface area contributed by atoms with Gasteiger partial charge in [-0.3, -0.25) is 19.1 Å². The molecule has 2 aromatic heterocycles. The monoisotopic (exact) mass is 531 g/mol. The standard InChI is InChI=1S/C28H26ClN5O4/c29-18-4-5-20(19(10-18)24-33-27(37)38-34-24)31-25(35)22-9-17-2-1-3-21(23(17)30-22)32-26(36)28-11-14-6-15(12-28)8-16(7-14)13-28/h1-5,9-10,14-16,30H,6-8,11-13H2,(H,31,35)(H,32,36)(H,33,34,37). The van der Waals surface area contributed by atoms with E-state index < -0.39 is 11.7 Å². The lowest BCUT2D eigenvalue weighted by atomic mass is 9.49. The second-order valence-corrected chi connectivity index (χ2v) is 11.6. The van der Waals surface area contributed by atoms with Crippen LogP contribution in [0.25, 0.3) is 22.3 Å². The lowest BCUT2D eigenvalue weighted by Gasteiger charge is -2.55. The summed E-state index contributed by atoms with van der Waals surface area (Å²) in [5.41, 5.74) is 2.25. The number of halogens is 1. The third-order valence-corrected chi connectivity index (χ3v) is 8.83. The summed E-state index contributed by atoms with van der Waals surface area (Å²) in [4.78, 5) is 44.0. The number of carbonyl (C=O) groups excluding carboxylic acids is 2. The second kappa shape index (κ2) is 8.59. The zero-order valence-corrected chi connectivity index (χ0v) is 21.2. The minimum Gasteiger partial charge on any atom is -0.349 e. The van der Waals surface area contributed by atoms with Gasteiger partial charge in [-0.2, -0.15) is 0 Å². The van der Waals surface area contributed by atoms with E-state index in [-0.39, 0.29) is 17.1 Å². The van der Waals surface area contributed by atoms with E-state index in [9.17, 15) is 14.4 Å². The van der Waals surface area contributed by atoms with Gasteiger partial charge in [-0.05, 0) is 86.6 Å². The van der Waals surface area contributed by atoms with Gasteiger partial charge < -0.3 is 15.6 Å². The van der Waals surface area contributed by atoms with Gasteiger partial charge in [-0.25, -0.2) is 4.79 Å². The molecule has 4 bridgehead atoms. The molecule has 0 spiro atoms. The van der Waals surface area contributed by atoms with Crippen molar-refractivity contribution >= 4 is 45.7 Å². The molecule has 0 aliphatic heterocycles. The highest BCUT2D eigenvalue weighted by molar-refractivity contribution is 6.31. The lowest BCUT2D eigenvalue weighted by Crippen LogP contribution is -2.51. The summed E-state index contributed by atoms with van der Waals surface area (Å²) in [5, 5.41) is 11.0. The van der Waals surface area contributed by atoms with E-state index in [0.717, 1.165) is 24.6 Å². The highest BCUT2D eigenvalue weighted by Gasteiger charge is 2.54. The molecule has 4 aliphatic carbocycles. The minimum absolute atomic E-state index is 0.108. The highest BCUT2D eigenvalue weighted by atomic mass is 35.5. The largest absolute Gasteiger partial charge is 0.439 e. The maximum Gasteiger partial charge on any atom is 0.439 e. The van der Waals surface area contributed by atoms with Gasteiger partial charge in [0.1, 0.15) is 5.69 Å². The number of anilines is 2. The molecule has 4 aromatic rings. The van der Waals surface area contributed by atoms with Crippen molar-refractivity contribution in [1.29, 1.82) is 0 Å². The quantitative estimate of drug-likeness (QED) is 0.267. The molecule has 2 amide bonds. The van der Waals surface area contributed by atoms with E-state index in [1.807, 2.05) is 18.2 Å². The second-order valence-electron chi connectivity index (χ2n) is 11.2. The molecule has 8 rings (SSSR count). The van der Waals surface area contributed by atoms with Crippen LogP contribution in [0, 0.1) is 23.2 Å². The van der Waals surface area contributed by atoms with Gasteiger partial charge in [0.05, 0.1) is 22.3 Å². The molecule has 0 radical (unpaired) electrons. The Bertz CT molecular complexity index is 1610. The van der Waals surface area contributed by atoms with Gasteiger partial charge in [0.25, 0.3) is 5.91 Å². The summed E-state index contributed by atoms with van der Waals surface area (Å²) >= 11 is 6.13. The summed E-state index contributed by atoms with van der Waals surface area (Å²) in [6.45, 7) is 0. The molecule has 2 aromatic carbocycles. The maximum atomic E-state index is 13.6. The Morgan fingerprint density at radius 2 is 1.68 bits per heavy atom. The predicted octanol–water partition coefficient (Wildman–Crippen LogP) is 5.57. The predicted molar refractivity (Wildman–Crippen MR) is 143 cm³/mol. The summed E-state index contributed by atoms with van der Waals surface area (Å²) < 4.78 is 4.61. The van der Waals surface area contributed by atoms with E-state index in [1.165, 1.54) is 19.3 Å². The first kappa shape index (κ1) is 23.3. The number of amides is 2. The summed E-state index contributed by atoms with van der Waals surface area (Å²) in [6, 6.07) is 12.2. The van der Waals surface area contributed by atoms with Crippen molar-refractivity contribution < 1.29 is 14.1 Å². The number of carbonyl (C=O) groups is 2. The SMILES string of the molecule is O=C(Nc1ccc(Cl)cc1-c1noc(=O)[nH]1)c1cc2cccc(NC(=O)C34CC5CC(CC(C5)C3)C4)c2[nH]1. The van der Waals surface area contributed by atoms with Crippen LogP contribution >= 0.6 is 11.6 Å². The van der Waals surface area contributed by atoms with Crippen molar-refractivity contribution in [2.75, 3.05) is 10.6 Å². The number of rotatable bonds is 5. The molecule has 0 unspecified atom stereocenters. The third kappa shape index (κ3) is 3.93. The fourth-order valence-electron chi connectivity index (χ4n) is 7.38. The van der Waals surface area contributed by atoms with Crippen LogP contribution in [-0.4, -0.2) is 26.9 Å². The lowest BCUT2D eigenvalue weighted by molar-refractivity contribution is -0.140. The van der Waals surface area contributed by atoms with Gasteiger partial charge >= 0.3 is 5.76 Å². The molecule has 0 saturated heterocycles. The van der Waals surface area contributed by atoms with Crippen LogP contribution in [0.3, 0.4) is 0 Å². The number of aromatic amines is 2. The van der Waals surface area contributed by atoms with E-state index in [2.05, 4.69) is 30.3 Å². The maximum absolute atomic E-state index is 13.6. The van der Waals surface area contributed by atoms with E-state index in [1.54, 1.807) is 24.3 Å². The minimum atomic E-state index is -0.712. The van der Waals surface area contributed by atoms with Crippen LogP contribution in [0.1, 0.15) is 49.0 Å². The zero-order chi connectivity index (χ0) is 26.0. The summed E-state index contributed by atoms with van der Waals surface area (Å²) in [7, 11) is 0. The Morgan fingerprint density at radius 1 is 0.947 bits per heavy atom. The van der Waals surface area contributed by atoms with Crippen LogP contribution < -0.4 is 16.4 Å². The van der Waals surface area contributed by atoms with Gasteiger partial charge in [0.15, 0.2) is 5.82 Å². The van der Waals surface area contributed by atoms with Crippen LogP contribution in [0.15, 0.2) is 51.8 Å². The number of hydrogen-bond acceptors (Lipinski definition) is 5. The molecular weight excluding hydrogens is 506 g/mol. The molecule has 10 heteroatoms. The molecule has 4 fully saturated rings. The summed E-state index contributed by atoms with van der Waals surface area (Å²) in [6.07, 6.45) is 6.79. The molecule has 38 heavy (non-hydrogen) atoms. The first-order valence-electron chi connectivity index (χ1n) is 13.0. The van der Waals surface area contributed by atoms with Crippen LogP contribution in [0.2, 0.25) is 5.02 Å². The molecule has 2 heterocycles. The van der Waals surface area contributed by atoms with E-state index in [0.29, 0.717) is 50.9 Å². The highest BCUT2D eigenvalue weighted by Crippen LogP contribution is 2.60. The topological polar surface area (TPSA) is 133 Å². The average molecular weight is 532 g/mol. The zero-order valence-electron chi connectivity index (χ0n) is 20.5. The van der Waals surface area contributed by atoms with Crippen molar-refractivity contribution in [2.45, 2.75) is 38.5 Å². The van der Waals surface area contributed by atoms with Crippen LogP contribution in [0.4, 0.5) is 11.4 Å². The van der Waals surface area contributed by atoms with Crippen molar-refractivity contribution in [2.24, 2.45) is 23.2 Å². The smallest absolute Gasteiger partial charge is 0.349 e. The van der Waals surface area contributed by atoms with E-state index >= 15 is 0 Å². The number of aromatic nitrogens is 3. The number of nitrogens with zero attached hydrogens (tertiary/aromatic N) is 1. The number of H-pyrrole nitrogens is 2. The Labute approximate surface area is 222 Å². The van der Waals surface area contributed by atoms with Gasteiger partial charge in [0, 0.05) is 16.0 Å². The normalized spacial score (nSPS) is 25.6. The van der Waals surface area contributed by atoms with Crippen LogP contribution in [-0.2, 0) is 4.79 Å². The number of nitrogens with one attached hydrogen (secondary N) is 4. The first-order valence-corrected chi connectivity index (χ1v) is 13.3. The molecule has 9 nitrogen and oxygen atoms in total. The van der Waals surface area contributed by atoms with E-state index in [4.69, 9.17) is 11.6 Å². The Morgan fingerprint density at radius 3 is 2.37 bits per heavy atom. The Hall–Kier alpha value is -3.85. The van der Waals surface area contributed by atoms with Crippen molar-refractivity contribution in [3.63, 3.8) is 0 Å².